The van der Waals surface area contributed by atoms with Gasteiger partial charge in [-0.1, -0.05) is 34.1 Å². The maximum Gasteiger partial charge on any atom is 0.00104 e. The molecule has 1 N–H and O–H groups in total. The fraction of sp³-hybridized carbons (Fsp3) is 1.00. The predicted octanol–water partition coefficient (Wildman–Crippen LogP) is 3.20. The summed E-state index contributed by atoms with van der Waals surface area (Å²) in [7, 11) is 0. The van der Waals surface area contributed by atoms with E-state index in [0.29, 0.717) is 11.5 Å². The van der Waals surface area contributed by atoms with Crippen molar-refractivity contribution in [3.63, 3.8) is 0 Å². The second kappa shape index (κ2) is 3.23. The van der Waals surface area contributed by atoms with E-state index in [1.54, 1.807) is 0 Å². The van der Waals surface area contributed by atoms with Crippen molar-refractivity contribution in [3.8, 4) is 0 Å². The third-order valence-corrected chi connectivity index (χ3v) is 4.78. The van der Waals surface area contributed by atoms with Crippen molar-refractivity contribution in [2.45, 2.75) is 59.4 Å². The Morgan fingerprint density at radius 1 is 1.29 bits per heavy atom. The molecule has 2 aliphatic rings. The van der Waals surface area contributed by atoms with E-state index in [2.05, 4.69) is 33.0 Å². The summed E-state index contributed by atoms with van der Waals surface area (Å²) in [6.07, 6.45) is 5.89. The first-order valence-corrected chi connectivity index (χ1v) is 6.21. The van der Waals surface area contributed by atoms with Crippen molar-refractivity contribution < 1.29 is 0 Å². The molecule has 0 aromatic carbocycles. The highest BCUT2D eigenvalue weighted by Gasteiger charge is 2.63. The van der Waals surface area contributed by atoms with Gasteiger partial charge in [-0.25, -0.2) is 0 Å². The zero-order valence-electron chi connectivity index (χ0n) is 10.2. The second-order valence-corrected chi connectivity index (χ2v) is 6.36. The monoisotopic (exact) mass is 195 g/mol. The van der Waals surface area contributed by atoms with E-state index in [1.807, 2.05) is 0 Å². The first-order chi connectivity index (χ1) is 6.48. The Balaban J connectivity index is 1.90. The molecular weight excluding hydrogens is 170 g/mol. The lowest BCUT2D eigenvalue weighted by Gasteiger charge is -2.28. The maximum absolute atomic E-state index is 3.60. The van der Waals surface area contributed by atoms with E-state index >= 15 is 0 Å². The van der Waals surface area contributed by atoms with E-state index < -0.39 is 0 Å². The van der Waals surface area contributed by atoms with Crippen molar-refractivity contribution in [2.24, 2.45) is 16.7 Å². The number of rotatable bonds is 3. The molecule has 2 fully saturated rings. The molecule has 1 spiro atoms. The largest absolute Gasteiger partial charge is 0.314 e. The summed E-state index contributed by atoms with van der Waals surface area (Å²) < 4.78 is 0. The van der Waals surface area contributed by atoms with Gasteiger partial charge in [0, 0.05) is 6.04 Å². The van der Waals surface area contributed by atoms with Crippen LogP contribution in [0.25, 0.3) is 0 Å². The van der Waals surface area contributed by atoms with E-state index in [4.69, 9.17) is 0 Å². The molecule has 1 nitrogen and oxygen atoms in total. The summed E-state index contributed by atoms with van der Waals surface area (Å²) >= 11 is 0. The summed E-state index contributed by atoms with van der Waals surface area (Å²) in [5, 5.41) is 3.60. The zero-order chi connectivity index (χ0) is 10.4. The van der Waals surface area contributed by atoms with Crippen LogP contribution in [0.5, 0.6) is 0 Å². The SMILES string of the molecule is CC(C)NCC1CC12CCCC2(C)C. The molecule has 2 saturated carbocycles. The van der Waals surface area contributed by atoms with Gasteiger partial charge in [0.1, 0.15) is 0 Å². The molecule has 0 heterocycles. The number of hydrogen-bond acceptors (Lipinski definition) is 1. The van der Waals surface area contributed by atoms with E-state index in [1.165, 1.54) is 32.2 Å². The average Bonchev–Trinajstić information content (AvgIpc) is 2.68. The molecule has 0 bridgehead atoms. The Morgan fingerprint density at radius 2 is 2.00 bits per heavy atom. The first-order valence-electron chi connectivity index (χ1n) is 6.21. The summed E-state index contributed by atoms with van der Waals surface area (Å²) in [4.78, 5) is 0. The lowest BCUT2D eigenvalue weighted by molar-refractivity contribution is 0.211. The van der Waals surface area contributed by atoms with Gasteiger partial charge in [-0.15, -0.1) is 0 Å². The van der Waals surface area contributed by atoms with Crippen LogP contribution in [-0.4, -0.2) is 12.6 Å². The van der Waals surface area contributed by atoms with Crippen molar-refractivity contribution in [1.29, 1.82) is 0 Å². The van der Waals surface area contributed by atoms with E-state index in [9.17, 15) is 0 Å². The highest BCUT2D eigenvalue weighted by atomic mass is 14.9. The van der Waals surface area contributed by atoms with Crippen LogP contribution in [0.4, 0.5) is 0 Å². The van der Waals surface area contributed by atoms with Crippen molar-refractivity contribution in [1.82, 2.24) is 5.32 Å². The smallest absolute Gasteiger partial charge is 0.00104 e. The van der Waals surface area contributed by atoms with Gasteiger partial charge in [0.15, 0.2) is 0 Å². The zero-order valence-corrected chi connectivity index (χ0v) is 10.2. The normalized spacial score (nSPS) is 39.6. The fourth-order valence-electron chi connectivity index (χ4n) is 3.59. The van der Waals surface area contributed by atoms with Gasteiger partial charge in [-0.05, 0) is 42.6 Å². The van der Waals surface area contributed by atoms with Crippen molar-refractivity contribution in [3.05, 3.63) is 0 Å². The Morgan fingerprint density at radius 3 is 2.50 bits per heavy atom. The Hall–Kier alpha value is -0.0400. The maximum atomic E-state index is 3.60. The van der Waals surface area contributed by atoms with E-state index in [-0.39, 0.29) is 0 Å². The minimum absolute atomic E-state index is 0.621. The van der Waals surface area contributed by atoms with Crippen LogP contribution in [0.1, 0.15) is 53.4 Å². The van der Waals surface area contributed by atoms with Crippen LogP contribution in [-0.2, 0) is 0 Å². The van der Waals surface area contributed by atoms with Crippen LogP contribution in [0.3, 0.4) is 0 Å². The summed E-state index contributed by atoms with van der Waals surface area (Å²) in [5.74, 6) is 0.974. The second-order valence-electron chi connectivity index (χ2n) is 6.36. The van der Waals surface area contributed by atoms with Gasteiger partial charge >= 0.3 is 0 Å². The van der Waals surface area contributed by atoms with Gasteiger partial charge in [-0.2, -0.15) is 0 Å². The topological polar surface area (TPSA) is 12.0 Å². The summed E-state index contributed by atoms with van der Waals surface area (Å²) in [5.41, 5.74) is 1.35. The molecule has 82 valence electrons. The number of hydrogen-bond donors (Lipinski definition) is 1. The molecular formula is C13H25N. The van der Waals surface area contributed by atoms with Crippen LogP contribution in [0.2, 0.25) is 0 Å². The van der Waals surface area contributed by atoms with Crippen molar-refractivity contribution in [2.75, 3.05) is 6.54 Å². The van der Waals surface area contributed by atoms with Crippen LogP contribution in [0.15, 0.2) is 0 Å². The number of nitrogens with one attached hydrogen (secondary N) is 1. The lowest BCUT2D eigenvalue weighted by atomic mass is 9.77. The molecule has 0 aliphatic heterocycles. The predicted molar refractivity (Wildman–Crippen MR) is 61.3 cm³/mol. The Kier molecular flexibility index (Phi) is 2.42. The first kappa shape index (κ1) is 10.5. The Bertz CT molecular complexity index is 219. The van der Waals surface area contributed by atoms with Crippen LogP contribution in [0, 0.1) is 16.7 Å². The average molecular weight is 195 g/mol. The van der Waals surface area contributed by atoms with Gasteiger partial charge in [0.25, 0.3) is 0 Å². The fourth-order valence-corrected chi connectivity index (χ4v) is 3.59. The van der Waals surface area contributed by atoms with Crippen LogP contribution < -0.4 is 5.32 Å². The molecule has 0 aromatic rings. The van der Waals surface area contributed by atoms with Gasteiger partial charge < -0.3 is 5.32 Å². The van der Waals surface area contributed by atoms with Gasteiger partial charge in [-0.3, -0.25) is 0 Å². The minimum atomic E-state index is 0.621. The molecule has 2 atom stereocenters. The Labute approximate surface area is 88.7 Å². The summed E-state index contributed by atoms with van der Waals surface area (Å²) in [6.45, 7) is 10.7. The highest BCUT2D eigenvalue weighted by Crippen LogP contribution is 2.70. The quantitative estimate of drug-likeness (QED) is 0.729. The van der Waals surface area contributed by atoms with Gasteiger partial charge in [0.2, 0.25) is 0 Å². The molecule has 2 rings (SSSR count). The molecule has 1 heteroatoms. The third-order valence-electron chi connectivity index (χ3n) is 4.78. The molecule has 2 unspecified atom stereocenters. The van der Waals surface area contributed by atoms with Crippen LogP contribution >= 0.6 is 0 Å². The van der Waals surface area contributed by atoms with Gasteiger partial charge in [0.05, 0.1) is 0 Å². The molecule has 14 heavy (non-hydrogen) atoms. The van der Waals surface area contributed by atoms with Crippen molar-refractivity contribution >= 4 is 0 Å². The molecule has 0 radical (unpaired) electrons. The molecule has 0 aromatic heterocycles. The lowest BCUT2D eigenvalue weighted by Crippen LogP contribution is -2.29. The standard InChI is InChI=1S/C13H25N/c1-10(2)14-9-11-8-13(11)7-5-6-12(13,3)4/h10-11,14H,5-9H2,1-4H3. The third kappa shape index (κ3) is 1.50. The highest BCUT2D eigenvalue weighted by molar-refractivity contribution is 5.13. The molecule has 2 aliphatic carbocycles. The molecule has 0 saturated heterocycles. The summed E-state index contributed by atoms with van der Waals surface area (Å²) in [6, 6.07) is 0.650. The minimum Gasteiger partial charge on any atom is -0.314 e. The van der Waals surface area contributed by atoms with E-state index in [0.717, 1.165) is 11.3 Å². The molecule has 0 amide bonds.